The molecule has 0 bridgehead atoms. The molecule has 3 aromatic rings. The number of aromatic nitrogens is 4. The van der Waals surface area contributed by atoms with E-state index in [4.69, 9.17) is 4.52 Å². The fourth-order valence-electron chi connectivity index (χ4n) is 3.42. The minimum Gasteiger partial charge on any atom is -0.338 e. The lowest BCUT2D eigenvalue weighted by Gasteiger charge is -2.33. The summed E-state index contributed by atoms with van der Waals surface area (Å²) in [4.78, 5) is 19.4. The number of benzene rings is 1. The molecule has 3 heterocycles. The molecule has 0 unspecified atom stereocenters. The molecule has 28 heavy (non-hydrogen) atoms. The monoisotopic (exact) mass is 398 g/mol. The summed E-state index contributed by atoms with van der Waals surface area (Å²) >= 11 is 1.53. The Morgan fingerprint density at radius 2 is 2.21 bits per heavy atom. The van der Waals surface area contributed by atoms with Crippen LogP contribution < -0.4 is 5.32 Å². The maximum Gasteiger partial charge on any atom is 0.241 e. The Balaban J connectivity index is 1.47. The summed E-state index contributed by atoms with van der Waals surface area (Å²) in [6, 6.07) is 7.51. The number of anilines is 1. The third-order valence-corrected chi connectivity index (χ3v) is 5.62. The second kappa shape index (κ2) is 8.15. The first-order chi connectivity index (χ1) is 13.6. The molecule has 8 nitrogen and oxygen atoms in total. The van der Waals surface area contributed by atoms with Crippen LogP contribution in [0.1, 0.15) is 36.0 Å². The number of piperidine rings is 1. The van der Waals surface area contributed by atoms with E-state index in [0.717, 1.165) is 47.1 Å². The molecule has 146 valence electrons. The molecular weight excluding hydrogens is 376 g/mol. The maximum absolute atomic E-state index is 13.0. The van der Waals surface area contributed by atoms with Crippen molar-refractivity contribution in [2.45, 2.75) is 45.7 Å². The number of hydrogen-bond donors (Lipinski definition) is 1. The number of hydrogen-bond acceptors (Lipinski definition) is 8. The molecule has 0 spiro atoms. The van der Waals surface area contributed by atoms with Crippen LogP contribution in [0.15, 0.2) is 28.8 Å². The van der Waals surface area contributed by atoms with Gasteiger partial charge in [-0.25, -0.2) is 0 Å². The first-order valence-electron chi connectivity index (χ1n) is 9.33. The lowest BCUT2D eigenvalue weighted by Crippen LogP contribution is -2.46. The number of amides is 1. The molecule has 1 amide bonds. The average molecular weight is 398 g/mol. The Hall–Kier alpha value is -2.65. The summed E-state index contributed by atoms with van der Waals surface area (Å²) in [7, 11) is 0. The van der Waals surface area contributed by atoms with Crippen molar-refractivity contribution in [1.82, 2.24) is 25.2 Å². The van der Waals surface area contributed by atoms with Gasteiger partial charge in [-0.3, -0.25) is 9.69 Å². The number of carbonyl (C=O) groups excluding carboxylic acids is 1. The van der Waals surface area contributed by atoms with Crippen molar-refractivity contribution < 1.29 is 9.32 Å². The van der Waals surface area contributed by atoms with E-state index in [-0.39, 0.29) is 11.9 Å². The van der Waals surface area contributed by atoms with Gasteiger partial charge in [0.05, 0.1) is 12.6 Å². The first-order valence-corrected chi connectivity index (χ1v) is 10.1. The van der Waals surface area contributed by atoms with Gasteiger partial charge in [-0.1, -0.05) is 35.0 Å². The van der Waals surface area contributed by atoms with E-state index in [0.29, 0.717) is 18.3 Å². The first kappa shape index (κ1) is 18.7. The highest BCUT2D eigenvalue weighted by Gasteiger charge is 2.30. The van der Waals surface area contributed by atoms with Crippen LogP contribution in [-0.4, -0.2) is 43.7 Å². The Morgan fingerprint density at radius 3 is 2.96 bits per heavy atom. The largest absolute Gasteiger partial charge is 0.338 e. The molecule has 1 atom stereocenters. The molecule has 1 fully saturated rings. The molecule has 1 aliphatic rings. The van der Waals surface area contributed by atoms with Crippen LogP contribution >= 0.6 is 11.3 Å². The van der Waals surface area contributed by atoms with E-state index in [1.165, 1.54) is 11.3 Å². The van der Waals surface area contributed by atoms with Gasteiger partial charge in [0.1, 0.15) is 10.0 Å². The zero-order chi connectivity index (χ0) is 19.5. The molecule has 1 saturated heterocycles. The van der Waals surface area contributed by atoms with Crippen molar-refractivity contribution in [2.24, 2.45) is 0 Å². The third-order valence-electron chi connectivity index (χ3n) is 4.73. The summed E-state index contributed by atoms with van der Waals surface area (Å²) in [5.74, 6) is 1.14. The van der Waals surface area contributed by atoms with Gasteiger partial charge in [-0.05, 0) is 45.4 Å². The van der Waals surface area contributed by atoms with Gasteiger partial charge in [-0.15, -0.1) is 10.2 Å². The predicted octanol–water partition coefficient (Wildman–Crippen LogP) is 3.20. The van der Waals surface area contributed by atoms with Crippen molar-refractivity contribution in [3.63, 3.8) is 0 Å². The summed E-state index contributed by atoms with van der Waals surface area (Å²) < 4.78 is 5.23. The fourth-order valence-corrected chi connectivity index (χ4v) is 4.11. The second-order valence-corrected chi connectivity index (χ2v) is 8.10. The highest BCUT2D eigenvalue weighted by atomic mass is 32.1. The minimum atomic E-state index is -0.214. The van der Waals surface area contributed by atoms with E-state index in [9.17, 15) is 4.79 Å². The maximum atomic E-state index is 13.0. The Kier molecular flexibility index (Phi) is 5.45. The van der Waals surface area contributed by atoms with Crippen LogP contribution in [0.5, 0.6) is 0 Å². The number of likely N-dealkylation sites (tertiary alicyclic amines) is 1. The van der Waals surface area contributed by atoms with Crippen LogP contribution in [0.3, 0.4) is 0 Å². The molecule has 1 N–H and O–H groups in total. The molecule has 0 aliphatic carbocycles. The van der Waals surface area contributed by atoms with Crippen LogP contribution in [-0.2, 0) is 11.3 Å². The van der Waals surface area contributed by atoms with Gasteiger partial charge < -0.3 is 9.84 Å². The van der Waals surface area contributed by atoms with E-state index in [1.807, 2.05) is 31.2 Å². The predicted molar refractivity (Wildman–Crippen MR) is 106 cm³/mol. The molecule has 0 radical (unpaired) electrons. The van der Waals surface area contributed by atoms with Crippen molar-refractivity contribution in [3.05, 3.63) is 41.0 Å². The minimum absolute atomic E-state index is 0.0125. The van der Waals surface area contributed by atoms with E-state index >= 15 is 0 Å². The van der Waals surface area contributed by atoms with Crippen LogP contribution in [0.2, 0.25) is 0 Å². The van der Waals surface area contributed by atoms with E-state index in [1.54, 1.807) is 6.92 Å². The Labute approximate surface area is 167 Å². The van der Waals surface area contributed by atoms with Gasteiger partial charge in [-0.2, -0.15) is 4.98 Å². The number of nitrogens with one attached hydrogen (secondary N) is 1. The van der Waals surface area contributed by atoms with Crippen molar-refractivity contribution in [2.75, 3.05) is 11.9 Å². The van der Waals surface area contributed by atoms with Gasteiger partial charge in [0.15, 0.2) is 5.82 Å². The molecule has 9 heteroatoms. The lowest BCUT2D eigenvalue weighted by molar-refractivity contribution is -0.122. The highest BCUT2D eigenvalue weighted by molar-refractivity contribution is 7.14. The summed E-state index contributed by atoms with van der Waals surface area (Å²) in [5, 5.41) is 16.9. The molecule has 2 aromatic heterocycles. The van der Waals surface area contributed by atoms with Crippen LogP contribution in [0.4, 0.5) is 5.69 Å². The summed E-state index contributed by atoms with van der Waals surface area (Å²) in [6.07, 6.45) is 2.90. The van der Waals surface area contributed by atoms with Gasteiger partial charge in [0.2, 0.25) is 11.8 Å². The lowest BCUT2D eigenvalue weighted by atomic mass is 10.0. The van der Waals surface area contributed by atoms with Crippen LogP contribution in [0, 0.1) is 13.8 Å². The number of rotatable bonds is 5. The fraction of sp³-hybridized carbons (Fsp3) is 0.421. The van der Waals surface area contributed by atoms with E-state index in [2.05, 4.69) is 30.6 Å². The third kappa shape index (κ3) is 4.26. The van der Waals surface area contributed by atoms with Gasteiger partial charge in [0, 0.05) is 11.3 Å². The molecule has 4 rings (SSSR count). The molecule has 1 aromatic carbocycles. The SMILES string of the molecule is Cc1noc(CN2CCCC[C@H]2C(=O)Nc2cccc(-c3nnc(C)s3)c2)n1. The van der Waals surface area contributed by atoms with Gasteiger partial charge >= 0.3 is 0 Å². The quantitative estimate of drug-likeness (QED) is 0.705. The summed E-state index contributed by atoms with van der Waals surface area (Å²) in [6.45, 7) is 5.04. The van der Waals surface area contributed by atoms with Crippen LogP contribution in [0.25, 0.3) is 10.6 Å². The molecular formula is C19H22N6O2S. The Bertz CT molecular complexity index is 969. The van der Waals surface area contributed by atoms with E-state index < -0.39 is 0 Å². The average Bonchev–Trinajstić information content (AvgIpc) is 3.30. The van der Waals surface area contributed by atoms with Crippen molar-refractivity contribution >= 4 is 22.9 Å². The smallest absolute Gasteiger partial charge is 0.241 e. The zero-order valence-corrected chi connectivity index (χ0v) is 16.7. The van der Waals surface area contributed by atoms with Gasteiger partial charge in [0.25, 0.3) is 0 Å². The summed E-state index contributed by atoms with van der Waals surface area (Å²) in [5.41, 5.74) is 1.71. The van der Waals surface area contributed by atoms with Crippen molar-refractivity contribution in [3.8, 4) is 10.6 Å². The molecule has 1 aliphatic heterocycles. The number of aryl methyl sites for hydroxylation is 2. The highest BCUT2D eigenvalue weighted by Crippen LogP contribution is 2.26. The standard InChI is InChI=1S/C19H22N6O2S/c1-12-20-17(27-24-12)11-25-9-4-3-8-16(25)18(26)21-15-7-5-6-14(10-15)19-23-22-13(2)28-19/h5-7,10,16H,3-4,8-9,11H2,1-2H3,(H,21,26)/t16-/m0/s1. The topological polar surface area (TPSA) is 97.0 Å². The zero-order valence-electron chi connectivity index (χ0n) is 15.9. The van der Waals surface area contributed by atoms with Crippen molar-refractivity contribution in [1.29, 1.82) is 0 Å². The number of carbonyl (C=O) groups is 1. The number of nitrogens with zero attached hydrogens (tertiary/aromatic N) is 5. The Morgan fingerprint density at radius 1 is 1.32 bits per heavy atom. The normalized spacial score (nSPS) is 17.6. The molecule has 0 saturated carbocycles. The second-order valence-electron chi connectivity index (χ2n) is 6.91.